The van der Waals surface area contributed by atoms with Crippen molar-refractivity contribution < 1.29 is 14.7 Å². The van der Waals surface area contributed by atoms with Gasteiger partial charge in [0.15, 0.2) is 5.69 Å². The van der Waals surface area contributed by atoms with Crippen molar-refractivity contribution in [2.75, 3.05) is 6.54 Å². The first-order chi connectivity index (χ1) is 10.3. The van der Waals surface area contributed by atoms with Gasteiger partial charge in [0.2, 0.25) is 0 Å². The van der Waals surface area contributed by atoms with Crippen molar-refractivity contribution in [1.29, 1.82) is 0 Å². The Morgan fingerprint density at radius 3 is 2.68 bits per heavy atom. The van der Waals surface area contributed by atoms with E-state index in [0.29, 0.717) is 10.7 Å². The number of nitrogens with zero attached hydrogens (tertiary/aromatic N) is 3. The Kier molecular flexibility index (Phi) is 4.46. The Morgan fingerprint density at radius 2 is 2.05 bits per heavy atom. The second kappa shape index (κ2) is 6.15. The fraction of sp³-hybridized carbons (Fsp3) is 0.286. The number of amides is 1. The van der Waals surface area contributed by atoms with Gasteiger partial charge in [0.25, 0.3) is 5.91 Å². The Balaban J connectivity index is 2.10. The number of hydrogen-bond acceptors (Lipinski definition) is 4. The second-order valence-electron chi connectivity index (χ2n) is 5.37. The van der Waals surface area contributed by atoms with Gasteiger partial charge in [-0.15, -0.1) is 5.10 Å². The zero-order valence-corrected chi connectivity index (χ0v) is 12.8. The molecule has 116 valence electrons. The Bertz CT molecular complexity index is 712. The molecule has 0 radical (unpaired) electrons. The van der Waals surface area contributed by atoms with Crippen LogP contribution in [0.25, 0.3) is 5.69 Å². The number of rotatable bonds is 5. The van der Waals surface area contributed by atoms with Gasteiger partial charge in [0, 0.05) is 6.54 Å². The molecule has 1 amide bonds. The number of carboxylic acid groups (broad SMARTS) is 1. The maximum atomic E-state index is 12.0. The topological polar surface area (TPSA) is 97.1 Å². The molecule has 22 heavy (non-hydrogen) atoms. The van der Waals surface area contributed by atoms with Crippen LogP contribution < -0.4 is 5.32 Å². The van der Waals surface area contributed by atoms with Crippen LogP contribution in [0.15, 0.2) is 30.5 Å². The van der Waals surface area contributed by atoms with E-state index in [4.69, 9.17) is 16.7 Å². The van der Waals surface area contributed by atoms with Gasteiger partial charge in [-0.2, -0.15) is 0 Å². The molecule has 0 fully saturated rings. The summed E-state index contributed by atoms with van der Waals surface area (Å²) in [6.45, 7) is 3.03. The molecule has 0 aliphatic carbocycles. The first kappa shape index (κ1) is 16.0. The highest BCUT2D eigenvalue weighted by Crippen LogP contribution is 2.18. The summed E-state index contributed by atoms with van der Waals surface area (Å²) in [6, 6.07) is 7.02. The molecule has 0 bridgehead atoms. The summed E-state index contributed by atoms with van der Waals surface area (Å²) in [5.74, 6) is -1.49. The van der Waals surface area contributed by atoms with Crippen LogP contribution in [0.4, 0.5) is 0 Å². The number of benzene rings is 1. The van der Waals surface area contributed by atoms with Crippen molar-refractivity contribution in [3.8, 4) is 5.69 Å². The van der Waals surface area contributed by atoms with E-state index in [2.05, 4.69) is 15.6 Å². The van der Waals surface area contributed by atoms with E-state index in [1.54, 1.807) is 24.3 Å². The van der Waals surface area contributed by atoms with E-state index in [1.807, 2.05) is 0 Å². The number of nitrogens with one attached hydrogen (secondary N) is 1. The number of carboxylic acids is 1. The summed E-state index contributed by atoms with van der Waals surface area (Å²) >= 11 is 6.05. The third-order valence-electron chi connectivity index (χ3n) is 3.10. The van der Waals surface area contributed by atoms with E-state index in [-0.39, 0.29) is 12.2 Å². The summed E-state index contributed by atoms with van der Waals surface area (Å²) < 4.78 is 1.39. The standard InChI is InChI=1S/C14H15ClN4O3/c1-14(2,13(21)22)8-16-12(20)10-7-19(18-17-10)11-6-4-3-5-9(11)15/h3-7H,8H2,1-2H3,(H,16,20)(H,21,22). The molecule has 0 aliphatic heterocycles. The quantitative estimate of drug-likeness (QED) is 0.874. The van der Waals surface area contributed by atoms with E-state index in [9.17, 15) is 9.59 Å². The van der Waals surface area contributed by atoms with Crippen LogP contribution in [-0.4, -0.2) is 38.5 Å². The van der Waals surface area contributed by atoms with Crippen LogP contribution in [-0.2, 0) is 4.79 Å². The van der Waals surface area contributed by atoms with E-state index < -0.39 is 17.3 Å². The molecule has 0 atom stereocenters. The molecule has 8 heteroatoms. The predicted octanol–water partition coefficient (Wildman–Crippen LogP) is 1.76. The Hall–Kier alpha value is -2.41. The minimum atomic E-state index is -1.06. The molecule has 1 aromatic heterocycles. The van der Waals surface area contributed by atoms with E-state index in [1.165, 1.54) is 24.7 Å². The SMILES string of the molecule is CC(C)(CNC(=O)c1cn(-c2ccccc2Cl)nn1)C(=O)O. The van der Waals surface area contributed by atoms with Crippen molar-refractivity contribution >= 4 is 23.5 Å². The lowest BCUT2D eigenvalue weighted by atomic mass is 9.94. The van der Waals surface area contributed by atoms with Crippen LogP contribution in [0.2, 0.25) is 5.02 Å². The highest BCUT2D eigenvalue weighted by molar-refractivity contribution is 6.32. The molecule has 0 unspecified atom stereocenters. The van der Waals surface area contributed by atoms with Gasteiger partial charge in [-0.05, 0) is 26.0 Å². The lowest BCUT2D eigenvalue weighted by Crippen LogP contribution is -2.39. The smallest absolute Gasteiger partial charge is 0.310 e. The van der Waals surface area contributed by atoms with Crippen molar-refractivity contribution in [1.82, 2.24) is 20.3 Å². The second-order valence-corrected chi connectivity index (χ2v) is 5.78. The van der Waals surface area contributed by atoms with E-state index in [0.717, 1.165) is 0 Å². The van der Waals surface area contributed by atoms with Gasteiger partial charge >= 0.3 is 5.97 Å². The molecular weight excluding hydrogens is 308 g/mol. The van der Waals surface area contributed by atoms with E-state index >= 15 is 0 Å². The third kappa shape index (κ3) is 3.43. The number of aliphatic carboxylic acids is 1. The summed E-state index contributed by atoms with van der Waals surface area (Å²) in [4.78, 5) is 23.0. The number of carbonyl (C=O) groups excluding carboxylic acids is 1. The normalized spacial score (nSPS) is 11.2. The number of halogens is 1. The molecule has 2 aromatic rings. The average molecular weight is 323 g/mol. The van der Waals surface area contributed by atoms with Crippen LogP contribution in [0, 0.1) is 5.41 Å². The Morgan fingerprint density at radius 1 is 1.36 bits per heavy atom. The molecule has 1 aromatic carbocycles. The summed E-state index contributed by atoms with van der Waals surface area (Å²) in [5, 5.41) is 19.6. The first-order valence-electron chi connectivity index (χ1n) is 6.50. The highest BCUT2D eigenvalue weighted by atomic mass is 35.5. The fourth-order valence-corrected chi connectivity index (χ4v) is 1.81. The van der Waals surface area contributed by atoms with Crippen molar-refractivity contribution in [3.05, 3.63) is 41.2 Å². The molecule has 0 saturated carbocycles. The van der Waals surface area contributed by atoms with Crippen molar-refractivity contribution in [3.63, 3.8) is 0 Å². The largest absolute Gasteiger partial charge is 0.481 e. The highest BCUT2D eigenvalue weighted by Gasteiger charge is 2.28. The molecule has 7 nitrogen and oxygen atoms in total. The molecule has 1 heterocycles. The number of para-hydroxylation sites is 1. The maximum Gasteiger partial charge on any atom is 0.310 e. The van der Waals surface area contributed by atoms with Gasteiger partial charge in [0.05, 0.1) is 22.3 Å². The molecular formula is C14H15ClN4O3. The number of carbonyl (C=O) groups is 2. The molecule has 2 N–H and O–H groups in total. The van der Waals surface area contributed by atoms with Crippen LogP contribution in [0.1, 0.15) is 24.3 Å². The van der Waals surface area contributed by atoms with Crippen LogP contribution in [0.3, 0.4) is 0 Å². The zero-order chi connectivity index (χ0) is 16.3. The summed E-state index contributed by atoms with van der Waals surface area (Å²) in [5.41, 5.74) is -0.378. The maximum absolute atomic E-state index is 12.0. The van der Waals surface area contributed by atoms with Gasteiger partial charge in [-0.3, -0.25) is 9.59 Å². The number of hydrogen-bond donors (Lipinski definition) is 2. The molecule has 0 aliphatic rings. The Labute approximate surface area is 131 Å². The summed E-state index contributed by atoms with van der Waals surface area (Å²) in [6.07, 6.45) is 1.43. The summed E-state index contributed by atoms with van der Waals surface area (Å²) in [7, 11) is 0. The monoisotopic (exact) mass is 322 g/mol. The van der Waals surface area contributed by atoms with Crippen LogP contribution in [0.5, 0.6) is 0 Å². The zero-order valence-electron chi connectivity index (χ0n) is 12.1. The van der Waals surface area contributed by atoms with Gasteiger partial charge in [-0.1, -0.05) is 28.9 Å². The first-order valence-corrected chi connectivity index (χ1v) is 6.88. The van der Waals surface area contributed by atoms with Gasteiger partial charge in [-0.25, -0.2) is 4.68 Å². The minimum Gasteiger partial charge on any atom is -0.481 e. The predicted molar refractivity (Wildman–Crippen MR) is 80.1 cm³/mol. The van der Waals surface area contributed by atoms with Gasteiger partial charge in [0.1, 0.15) is 0 Å². The van der Waals surface area contributed by atoms with Crippen molar-refractivity contribution in [2.24, 2.45) is 5.41 Å². The fourth-order valence-electron chi connectivity index (χ4n) is 1.59. The van der Waals surface area contributed by atoms with Gasteiger partial charge < -0.3 is 10.4 Å². The van der Waals surface area contributed by atoms with Crippen LogP contribution >= 0.6 is 11.6 Å². The minimum absolute atomic E-state index is 0.0138. The number of aromatic nitrogens is 3. The average Bonchev–Trinajstić information content (AvgIpc) is 2.95. The molecule has 2 rings (SSSR count). The molecule has 0 spiro atoms. The lowest BCUT2D eigenvalue weighted by Gasteiger charge is -2.18. The van der Waals surface area contributed by atoms with Crippen molar-refractivity contribution in [2.45, 2.75) is 13.8 Å². The molecule has 0 saturated heterocycles. The third-order valence-corrected chi connectivity index (χ3v) is 3.41. The lowest BCUT2D eigenvalue weighted by molar-refractivity contribution is -0.146.